The minimum Gasteiger partial charge on any atom is -0.489 e. The summed E-state index contributed by atoms with van der Waals surface area (Å²) in [5.74, 6) is 0.757. The zero-order valence-corrected chi connectivity index (χ0v) is 9.71. The first-order chi connectivity index (χ1) is 8.25. The first-order valence-corrected chi connectivity index (χ1v) is 5.55. The van der Waals surface area contributed by atoms with E-state index in [1.807, 2.05) is 36.4 Å². The van der Waals surface area contributed by atoms with Crippen molar-refractivity contribution >= 4 is 0 Å². The summed E-state index contributed by atoms with van der Waals surface area (Å²) in [5.41, 5.74) is 1.88. The van der Waals surface area contributed by atoms with Crippen LogP contribution in [0.4, 0.5) is 0 Å². The number of ether oxygens (including phenoxy) is 1. The number of aromatic nitrogens is 1. The van der Waals surface area contributed by atoms with Crippen molar-refractivity contribution < 1.29 is 9.84 Å². The first kappa shape index (κ1) is 11.6. The number of aliphatic hydroxyl groups is 1. The van der Waals surface area contributed by atoms with Gasteiger partial charge >= 0.3 is 0 Å². The number of pyridine rings is 1. The number of hydrogen-bond acceptors (Lipinski definition) is 3. The standard InChI is InChI=1S/C14H15NO2/c1-11(16)13-5-2-6-14(8-13)17-10-12-4-3-7-15-9-12/h2-9,11,16H,10H2,1H3. The minimum atomic E-state index is -0.475. The van der Waals surface area contributed by atoms with Gasteiger partial charge in [-0.15, -0.1) is 0 Å². The highest BCUT2D eigenvalue weighted by atomic mass is 16.5. The predicted octanol–water partition coefficient (Wildman–Crippen LogP) is 2.71. The summed E-state index contributed by atoms with van der Waals surface area (Å²) in [5, 5.41) is 9.47. The lowest BCUT2D eigenvalue weighted by Crippen LogP contribution is -1.97. The van der Waals surface area contributed by atoms with Crippen LogP contribution in [0.5, 0.6) is 5.75 Å². The van der Waals surface area contributed by atoms with Gasteiger partial charge in [0.1, 0.15) is 12.4 Å². The highest BCUT2D eigenvalue weighted by molar-refractivity contribution is 5.29. The molecule has 88 valence electrons. The van der Waals surface area contributed by atoms with Crippen molar-refractivity contribution in [1.29, 1.82) is 0 Å². The van der Waals surface area contributed by atoms with Crippen LogP contribution >= 0.6 is 0 Å². The predicted molar refractivity (Wildman–Crippen MR) is 65.6 cm³/mol. The molecule has 0 bridgehead atoms. The summed E-state index contributed by atoms with van der Waals surface area (Å²) < 4.78 is 5.63. The molecule has 0 aliphatic rings. The third-order valence-electron chi connectivity index (χ3n) is 2.47. The number of benzene rings is 1. The molecule has 0 aliphatic carbocycles. The van der Waals surface area contributed by atoms with E-state index in [9.17, 15) is 5.11 Å². The van der Waals surface area contributed by atoms with Gasteiger partial charge in [0.2, 0.25) is 0 Å². The summed E-state index contributed by atoms with van der Waals surface area (Å²) in [6.07, 6.45) is 3.03. The highest BCUT2D eigenvalue weighted by Crippen LogP contribution is 2.19. The summed E-state index contributed by atoms with van der Waals surface area (Å²) in [4.78, 5) is 4.02. The number of nitrogens with zero attached hydrogens (tertiary/aromatic N) is 1. The molecule has 1 aromatic carbocycles. The van der Waals surface area contributed by atoms with Gasteiger partial charge in [0.25, 0.3) is 0 Å². The zero-order valence-electron chi connectivity index (χ0n) is 9.71. The maximum atomic E-state index is 9.47. The maximum absolute atomic E-state index is 9.47. The van der Waals surface area contributed by atoms with E-state index >= 15 is 0 Å². The monoisotopic (exact) mass is 229 g/mol. The van der Waals surface area contributed by atoms with Gasteiger partial charge in [-0.3, -0.25) is 4.98 Å². The molecule has 1 atom stereocenters. The van der Waals surface area contributed by atoms with E-state index in [1.54, 1.807) is 19.3 Å². The third-order valence-corrected chi connectivity index (χ3v) is 2.47. The fourth-order valence-corrected chi connectivity index (χ4v) is 1.51. The molecule has 0 radical (unpaired) electrons. The van der Waals surface area contributed by atoms with Gasteiger partial charge in [0.15, 0.2) is 0 Å². The molecule has 1 heterocycles. The molecule has 3 heteroatoms. The van der Waals surface area contributed by atoms with Crippen LogP contribution < -0.4 is 4.74 Å². The highest BCUT2D eigenvalue weighted by Gasteiger charge is 2.02. The molecule has 2 aromatic rings. The van der Waals surface area contributed by atoms with Crippen molar-refractivity contribution in [3.63, 3.8) is 0 Å². The summed E-state index contributed by atoms with van der Waals surface area (Å²) >= 11 is 0. The van der Waals surface area contributed by atoms with E-state index in [-0.39, 0.29) is 0 Å². The van der Waals surface area contributed by atoms with E-state index in [2.05, 4.69) is 4.98 Å². The lowest BCUT2D eigenvalue weighted by molar-refractivity contribution is 0.198. The van der Waals surface area contributed by atoms with Crippen molar-refractivity contribution in [2.24, 2.45) is 0 Å². The van der Waals surface area contributed by atoms with Crippen molar-refractivity contribution in [2.75, 3.05) is 0 Å². The first-order valence-electron chi connectivity index (χ1n) is 5.55. The van der Waals surface area contributed by atoms with Gasteiger partial charge in [-0.1, -0.05) is 18.2 Å². The molecule has 0 spiro atoms. The van der Waals surface area contributed by atoms with Crippen LogP contribution in [0, 0.1) is 0 Å². The van der Waals surface area contributed by atoms with Gasteiger partial charge < -0.3 is 9.84 Å². The van der Waals surface area contributed by atoms with Crippen LogP contribution in [-0.2, 0) is 6.61 Å². The number of hydrogen-bond donors (Lipinski definition) is 1. The maximum Gasteiger partial charge on any atom is 0.120 e. The van der Waals surface area contributed by atoms with Crippen molar-refractivity contribution in [1.82, 2.24) is 4.98 Å². The SMILES string of the molecule is CC(O)c1cccc(OCc2cccnc2)c1. The van der Waals surface area contributed by atoms with E-state index in [4.69, 9.17) is 4.74 Å². The molecule has 2 rings (SSSR count). The minimum absolute atomic E-state index is 0.475. The zero-order chi connectivity index (χ0) is 12.1. The van der Waals surface area contributed by atoms with E-state index in [1.165, 1.54) is 0 Å². The Morgan fingerprint density at radius 3 is 2.88 bits per heavy atom. The van der Waals surface area contributed by atoms with Crippen molar-refractivity contribution in [3.05, 3.63) is 59.9 Å². The molecular formula is C14H15NO2. The van der Waals surface area contributed by atoms with E-state index in [0.29, 0.717) is 6.61 Å². The smallest absolute Gasteiger partial charge is 0.120 e. The number of aliphatic hydroxyl groups excluding tert-OH is 1. The van der Waals surface area contributed by atoms with Crippen LogP contribution in [-0.4, -0.2) is 10.1 Å². The Labute approximate surface area is 101 Å². The van der Waals surface area contributed by atoms with Crippen LogP contribution in [0.2, 0.25) is 0 Å². The topological polar surface area (TPSA) is 42.4 Å². The molecule has 17 heavy (non-hydrogen) atoms. The average molecular weight is 229 g/mol. The second kappa shape index (κ2) is 5.46. The Balaban J connectivity index is 2.02. The molecule has 1 aromatic heterocycles. The molecule has 0 saturated heterocycles. The Hall–Kier alpha value is -1.87. The molecule has 0 amide bonds. The second-order valence-electron chi connectivity index (χ2n) is 3.90. The second-order valence-corrected chi connectivity index (χ2v) is 3.90. The van der Waals surface area contributed by atoms with Crippen molar-refractivity contribution in [2.45, 2.75) is 19.6 Å². The fourth-order valence-electron chi connectivity index (χ4n) is 1.51. The van der Waals surface area contributed by atoms with Gasteiger partial charge in [0.05, 0.1) is 6.10 Å². The lowest BCUT2D eigenvalue weighted by atomic mass is 10.1. The molecular weight excluding hydrogens is 214 g/mol. The molecule has 0 fully saturated rings. The Morgan fingerprint density at radius 1 is 1.29 bits per heavy atom. The molecule has 1 N–H and O–H groups in total. The van der Waals surface area contributed by atoms with Crippen molar-refractivity contribution in [3.8, 4) is 5.75 Å². The van der Waals surface area contributed by atoms with Crippen LogP contribution in [0.1, 0.15) is 24.2 Å². The Morgan fingerprint density at radius 2 is 2.18 bits per heavy atom. The molecule has 0 aliphatic heterocycles. The summed E-state index contributed by atoms with van der Waals surface area (Å²) in [6, 6.07) is 11.3. The molecule has 1 unspecified atom stereocenters. The Bertz CT molecular complexity index is 469. The van der Waals surface area contributed by atoms with E-state index < -0.39 is 6.10 Å². The van der Waals surface area contributed by atoms with Gasteiger partial charge in [-0.05, 0) is 30.7 Å². The normalized spacial score (nSPS) is 12.1. The summed E-state index contributed by atoms with van der Waals surface area (Å²) in [6.45, 7) is 2.22. The van der Waals surface area contributed by atoms with Gasteiger partial charge in [0, 0.05) is 18.0 Å². The molecule has 3 nitrogen and oxygen atoms in total. The lowest BCUT2D eigenvalue weighted by Gasteiger charge is -2.09. The Kier molecular flexibility index (Phi) is 3.73. The largest absolute Gasteiger partial charge is 0.489 e. The van der Waals surface area contributed by atoms with Crippen LogP contribution in [0.25, 0.3) is 0 Å². The van der Waals surface area contributed by atoms with E-state index in [0.717, 1.165) is 16.9 Å². The third kappa shape index (κ3) is 3.29. The number of rotatable bonds is 4. The molecule has 0 saturated carbocycles. The van der Waals surface area contributed by atoms with Gasteiger partial charge in [-0.25, -0.2) is 0 Å². The fraction of sp³-hybridized carbons (Fsp3) is 0.214. The van der Waals surface area contributed by atoms with Gasteiger partial charge in [-0.2, -0.15) is 0 Å². The summed E-state index contributed by atoms with van der Waals surface area (Å²) in [7, 11) is 0. The average Bonchev–Trinajstić information content (AvgIpc) is 2.38. The van der Waals surface area contributed by atoms with Crippen LogP contribution in [0.15, 0.2) is 48.8 Å². The van der Waals surface area contributed by atoms with Crippen LogP contribution in [0.3, 0.4) is 0 Å². The quantitative estimate of drug-likeness (QED) is 0.876.